The molecular weight excluding hydrogens is 569 g/mol. The summed E-state index contributed by atoms with van der Waals surface area (Å²) in [5, 5.41) is 4.01. The first-order valence-electron chi connectivity index (χ1n) is 14.0. The van der Waals surface area contributed by atoms with E-state index in [0.717, 1.165) is 36.8 Å². The van der Waals surface area contributed by atoms with Crippen LogP contribution in [0.25, 0.3) is 0 Å². The predicted octanol–water partition coefficient (Wildman–Crippen LogP) is 6.41. The van der Waals surface area contributed by atoms with Gasteiger partial charge in [-0.3, -0.25) is 13.9 Å². The molecule has 7 nitrogen and oxygen atoms in total. The first-order chi connectivity index (χ1) is 18.9. The van der Waals surface area contributed by atoms with Gasteiger partial charge >= 0.3 is 0 Å². The van der Waals surface area contributed by atoms with E-state index in [1.807, 2.05) is 32.9 Å². The van der Waals surface area contributed by atoms with Gasteiger partial charge < -0.3 is 10.2 Å². The molecule has 0 heterocycles. The molecule has 0 aliphatic heterocycles. The lowest BCUT2D eigenvalue weighted by atomic mass is 9.95. The lowest BCUT2D eigenvalue weighted by Crippen LogP contribution is -2.51. The van der Waals surface area contributed by atoms with E-state index in [1.54, 1.807) is 29.2 Å². The third kappa shape index (κ3) is 8.37. The highest BCUT2D eigenvalue weighted by Crippen LogP contribution is 2.29. The van der Waals surface area contributed by atoms with Crippen LogP contribution in [-0.2, 0) is 26.2 Å². The Balaban J connectivity index is 1.82. The summed E-state index contributed by atoms with van der Waals surface area (Å²) >= 11 is 12.9. The first kappa shape index (κ1) is 32.2. The van der Waals surface area contributed by atoms with Crippen molar-refractivity contribution in [2.24, 2.45) is 0 Å². The molecular formula is C30H41Cl2N3O4S. The van der Waals surface area contributed by atoms with Crippen molar-refractivity contribution in [1.29, 1.82) is 0 Å². The molecule has 10 heteroatoms. The van der Waals surface area contributed by atoms with Crippen molar-refractivity contribution in [2.75, 3.05) is 17.1 Å². The topological polar surface area (TPSA) is 86.8 Å². The van der Waals surface area contributed by atoms with Gasteiger partial charge in [0.2, 0.25) is 21.8 Å². The number of sulfonamides is 1. The zero-order valence-corrected chi connectivity index (χ0v) is 26.2. The van der Waals surface area contributed by atoms with Crippen LogP contribution in [0.4, 0.5) is 5.69 Å². The van der Waals surface area contributed by atoms with Crippen molar-refractivity contribution in [2.45, 2.75) is 90.8 Å². The second-order valence-electron chi connectivity index (χ2n) is 10.6. The molecule has 2 amide bonds. The zero-order chi connectivity index (χ0) is 29.4. The largest absolute Gasteiger partial charge is 0.352 e. The molecule has 1 saturated carbocycles. The SMILES string of the molecule is CC[C@@H](C(=O)NC1CCCCC1)N(Cc1c(Cl)cccc1Cl)C(=O)CCCN(c1cccc(C)c1C)S(C)(=O)=O. The van der Waals surface area contributed by atoms with Gasteiger partial charge in [-0.25, -0.2) is 8.42 Å². The summed E-state index contributed by atoms with van der Waals surface area (Å²) in [4.78, 5) is 28.8. The number of anilines is 1. The minimum atomic E-state index is -3.58. The Bertz CT molecular complexity index is 1280. The summed E-state index contributed by atoms with van der Waals surface area (Å²) < 4.78 is 26.8. The number of rotatable bonds is 12. The van der Waals surface area contributed by atoms with Crippen molar-refractivity contribution in [3.05, 3.63) is 63.1 Å². The molecule has 2 aromatic carbocycles. The Morgan fingerprint density at radius 1 is 1.02 bits per heavy atom. The number of nitrogens with one attached hydrogen (secondary N) is 1. The fourth-order valence-electron chi connectivity index (χ4n) is 5.31. The molecule has 2 aromatic rings. The molecule has 1 aliphatic carbocycles. The Hall–Kier alpha value is -2.29. The number of carbonyl (C=O) groups is 2. The maximum Gasteiger partial charge on any atom is 0.243 e. The number of benzene rings is 2. The average molecular weight is 611 g/mol. The fraction of sp³-hybridized carbons (Fsp3) is 0.533. The molecule has 220 valence electrons. The zero-order valence-electron chi connectivity index (χ0n) is 23.9. The van der Waals surface area contributed by atoms with Crippen LogP contribution in [-0.4, -0.2) is 50.0 Å². The predicted molar refractivity (Wildman–Crippen MR) is 163 cm³/mol. The number of amides is 2. The molecule has 1 fully saturated rings. The number of nitrogens with zero attached hydrogens (tertiary/aromatic N) is 2. The van der Waals surface area contributed by atoms with E-state index < -0.39 is 16.1 Å². The van der Waals surface area contributed by atoms with Crippen LogP contribution in [0.2, 0.25) is 10.0 Å². The van der Waals surface area contributed by atoms with E-state index in [1.165, 1.54) is 17.0 Å². The molecule has 0 aromatic heterocycles. The van der Waals surface area contributed by atoms with Crippen molar-refractivity contribution in [3.8, 4) is 0 Å². The van der Waals surface area contributed by atoms with E-state index in [-0.39, 0.29) is 43.8 Å². The van der Waals surface area contributed by atoms with E-state index in [9.17, 15) is 18.0 Å². The molecule has 1 N–H and O–H groups in total. The lowest BCUT2D eigenvalue weighted by molar-refractivity contribution is -0.141. The summed E-state index contributed by atoms with van der Waals surface area (Å²) in [5.41, 5.74) is 3.05. The number of hydrogen-bond donors (Lipinski definition) is 1. The number of carbonyl (C=O) groups excluding carboxylic acids is 2. The number of aryl methyl sites for hydroxylation is 1. The lowest BCUT2D eigenvalue weighted by Gasteiger charge is -2.33. The van der Waals surface area contributed by atoms with Gasteiger partial charge in [0.25, 0.3) is 0 Å². The Labute approximate surface area is 249 Å². The normalized spacial score (nSPS) is 14.9. The van der Waals surface area contributed by atoms with Crippen LogP contribution in [0.15, 0.2) is 36.4 Å². The minimum Gasteiger partial charge on any atom is -0.352 e. The molecule has 0 saturated heterocycles. The van der Waals surface area contributed by atoms with E-state index >= 15 is 0 Å². The Morgan fingerprint density at radius 3 is 2.25 bits per heavy atom. The van der Waals surface area contributed by atoms with Crippen LogP contribution in [0.1, 0.15) is 75.0 Å². The van der Waals surface area contributed by atoms with Crippen molar-refractivity contribution in [1.82, 2.24) is 10.2 Å². The fourth-order valence-corrected chi connectivity index (χ4v) is 6.84. The maximum atomic E-state index is 13.7. The van der Waals surface area contributed by atoms with Crippen LogP contribution in [0, 0.1) is 13.8 Å². The summed E-state index contributed by atoms with van der Waals surface area (Å²) in [6, 6.07) is 10.1. The molecule has 1 aliphatic rings. The van der Waals surface area contributed by atoms with Gasteiger partial charge in [-0.15, -0.1) is 0 Å². The molecule has 0 bridgehead atoms. The molecule has 0 radical (unpaired) electrons. The van der Waals surface area contributed by atoms with Gasteiger partial charge in [0.05, 0.1) is 11.9 Å². The highest BCUT2D eigenvalue weighted by atomic mass is 35.5. The third-order valence-electron chi connectivity index (χ3n) is 7.72. The second kappa shape index (κ2) is 14.6. The summed E-state index contributed by atoms with van der Waals surface area (Å²) in [6.45, 7) is 5.93. The smallest absolute Gasteiger partial charge is 0.243 e. The minimum absolute atomic E-state index is 0.0617. The van der Waals surface area contributed by atoms with Crippen LogP contribution in [0.5, 0.6) is 0 Å². The second-order valence-corrected chi connectivity index (χ2v) is 13.4. The van der Waals surface area contributed by atoms with E-state index in [4.69, 9.17) is 23.2 Å². The van der Waals surface area contributed by atoms with Crippen molar-refractivity contribution in [3.63, 3.8) is 0 Å². The molecule has 40 heavy (non-hydrogen) atoms. The summed E-state index contributed by atoms with van der Waals surface area (Å²) in [5.74, 6) is -0.435. The van der Waals surface area contributed by atoms with Gasteiger partial charge in [0.1, 0.15) is 6.04 Å². The number of halogens is 2. The highest BCUT2D eigenvalue weighted by molar-refractivity contribution is 7.92. The molecule has 3 rings (SSSR count). The maximum absolute atomic E-state index is 13.7. The van der Waals surface area contributed by atoms with Gasteiger partial charge in [-0.05, 0) is 68.9 Å². The monoisotopic (exact) mass is 609 g/mol. The standard InChI is InChI=1S/C30H41Cl2N3O4S/c1-5-27(30(37)33-23-13-7-6-8-14-23)34(20-24-25(31)15-10-16-26(24)32)29(36)18-11-19-35(40(4,38)39)28-17-9-12-21(2)22(28)3/h9-10,12,15-17,23,27H,5-8,11,13-14,18-20H2,1-4H3,(H,33,37)/t27-/m0/s1. The van der Waals surface area contributed by atoms with Crippen LogP contribution >= 0.6 is 23.2 Å². The Kier molecular flexibility index (Phi) is 11.7. The summed E-state index contributed by atoms with van der Waals surface area (Å²) in [7, 11) is -3.58. The van der Waals surface area contributed by atoms with Gasteiger partial charge in [0.15, 0.2) is 0 Å². The number of hydrogen-bond acceptors (Lipinski definition) is 4. The summed E-state index contributed by atoms with van der Waals surface area (Å²) in [6.07, 6.45) is 7.14. The quantitative estimate of drug-likeness (QED) is 0.301. The van der Waals surface area contributed by atoms with Crippen molar-refractivity contribution >= 4 is 50.7 Å². The molecule has 0 unspecified atom stereocenters. The third-order valence-corrected chi connectivity index (χ3v) is 9.61. The average Bonchev–Trinajstić information content (AvgIpc) is 2.90. The molecule has 0 spiro atoms. The first-order valence-corrected chi connectivity index (χ1v) is 16.6. The van der Waals surface area contributed by atoms with Crippen LogP contribution < -0.4 is 9.62 Å². The van der Waals surface area contributed by atoms with Gasteiger partial charge in [-0.2, -0.15) is 0 Å². The van der Waals surface area contributed by atoms with E-state index in [2.05, 4.69) is 5.32 Å². The van der Waals surface area contributed by atoms with Crippen molar-refractivity contribution < 1.29 is 18.0 Å². The molecule has 1 atom stereocenters. The highest BCUT2D eigenvalue weighted by Gasteiger charge is 2.31. The van der Waals surface area contributed by atoms with Crippen LogP contribution in [0.3, 0.4) is 0 Å². The van der Waals surface area contributed by atoms with Gasteiger partial charge in [0, 0.05) is 41.2 Å². The van der Waals surface area contributed by atoms with E-state index in [0.29, 0.717) is 27.7 Å². The Morgan fingerprint density at radius 2 is 1.65 bits per heavy atom. The van der Waals surface area contributed by atoms with Gasteiger partial charge in [-0.1, -0.05) is 67.6 Å².